The van der Waals surface area contributed by atoms with E-state index in [2.05, 4.69) is 22.7 Å². The molecular formula is C21H25N3O5. The molecule has 1 aliphatic rings. The second-order valence-electron chi connectivity index (χ2n) is 7.29. The lowest BCUT2D eigenvalue weighted by atomic mass is 9.86. The number of ether oxygens (including phenoxy) is 1. The quantitative estimate of drug-likeness (QED) is 0.747. The molecule has 2 atom stereocenters. The molecule has 3 amide bonds. The number of imide groups is 1. The second kappa shape index (κ2) is 9.36. The first kappa shape index (κ1) is 20.6. The summed E-state index contributed by atoms with van der Waals surface area (Å²) in [6.07, 6.45) is 4.16. The fraction of sp³-hybridized carbons (Fsp3) is 0.429. The minimum atomic E-state index is -0.737. The largest absolute Gasteiger partial charge is 0.452 e. The van der Waals surface area contributed by atoms with Crippen LogP contribution in [-0.4, -0.2) is 35.7 Å². The summed E-state index contributed by atoms with van der Waals surface area (Å²) in [5.74, 6) is -0.776. The average Bonchev–Trinajstić information content (AvgIpc) is 3.10. The number of aromatic nitrogens is 1. The number of benzene rings is 1. The normalized spacial score (nSPS) is 18.7. The lowest BCUT2D eigenvalue weighted by molar-refractivity contribution is -0.123. The van der Waals surface area contributed by atoms with Crippen LogP contribution in [0.3, 0.4) is 0 Å². The van der Waals surface area contributed by atoms with E-state index in [-0.39, 0.29) is 11.6 Å². The van der Waals surface area contributed by atoms with Crippen LogP contribution in [0.1, 0.15) is 48.7 Å². The number of carbonyl (C=O) groups is 3. The van der Waals surface area contributed by atoms with Gasteiger partial charge in [0.25, 0.3) is 5.91 Å². The highest BCUT2D eigenvalue weighted by Gasteiger charge is 2.25. The summed E-state index contributed by atoms with van der Waals surface area (Å²) in [7, 11) is 0. The van der Waals surface area contributed by atoms with E-state index in [9.17, 15) is 14.4 Å². The van der Waals surface area contributed by atoms with Gasteiger partial charge in [0.1, 0.15) is 17.0 Å². The number of esters is 1. The van der Waals surface area contributed by atoms with Gasteiger partial charge in [-0.05, 0) is 25.7 Å². The maximum atomic E-state index is 12.5. The smallest absolute Gasteiger partial charge is 0.344 e. The number of rotatable bonds is 5. The Morgan fingerprint density at radius 1 is 1.17 bits per heavy atom. The Hall–Kier alpha value is -3.16. The fourth-order valence-corrected chi connectivity index (χ4v) is 3.51. The Labute approximate surface area is 169 Å². The molecule has 8 nitrogen and oxygen atoms in total. The third-order valence-corrected chi connectivity index (χ3v) is 5.13. The average molecular weight is 399 g/mol. The molecule has 3 rings (SSSR count). The molecule has 1 saturated carbocycles. The van der Waals surface area contributed by atoms with Crippen LogP contribution < -0.4 is 10.6 Å². The van der Waals surface area contributed by atoms with Crippen molar-refractivity contribution in [3.05, 3.63) is 41.7 Å². The van der Waals surface area contributed by atoms with Gasteiger partial charge in [0.2, 0.25) is 0 Å². The zero-order chi connectivity index (χ0) is 20.8. The van der Waals surface area contributed by atoms with Gasteiger partial charge in [0.15, 0.2) is 6.61 Å². The summed E-state index contributed by atoms with van der Waals surface area (Å²) in [5, 5.41) is 8.94. The molecule has 0 aliphatic heterocycles. The van der Waals surface area contributed by atoms with Crippen molar-refractivity contribution in [3.63, 3.8) is 0 Å². The van der Waals surface area contributed by atoms with E-state index in [0.717, 1.165) is 25.7 Å². The van der Waals surface area contributed by atoms with E-state index in [1.165, 1.54) is 0 Å². The molecule has 0 saturated heterocycles. The van der Waals surface area contributed by atoms with Gasteiger partial charge in [-0.25, -0.2) is 9.59 Å². The predicted molar refractivity (Wildman–Crippen MR) is 105 cm³/mol. The molecule has 2 N–H and O–H groups in total. The van der Waals surface area contributed by atoms with E-state index < -0.39 is 24.5 Å². The number of amides is 3. The number of urea groups is 1. The van der Waals surface area contributed by atoms with Crippen LogP contribution in [0.5, 0.6) is 0 Å². The number of nitrogens with one attached hydrogen (secondary N) is 2. The second-order valence-corrected chi connectivity index (χ2v) is 7.29. The van der Waals surface area contributed by atoms with Crippen molar-refractivity contribution in [3.8, 4) is 11.3 Å². The maximum Gasteiger partial charge on any atom is 0.344 e. The van der Waals surface area contributed by atoms with Gasteiger partial charge >= 0.3 is 12.0 Å². The maximum absolute atomic E-state index is 12.5. The molecule has 0 spiro atoms. The lowest BCUT2D eigenvalue weighted by Gasteiger charge is -2.29. The lowest BCUT2D eigenvalue weighted by Crippen LogP contribution is -2.48. The third kappa shape index (κ3) is 5.22. The minimum absolute atomic E-state index is 0.0483. The topological polar surface area (TPSA) is 111 Å². The zero-order valence-electron chi connectivity index (χ0n) is 16.6. The minimum Gasteiger partial charge on any atom is -0.452 e. The monoisotopic (exact) mass is 399 g/mol. The summed E-state index contributed by atoms with van der Waals surface area (Å²) in [6, 6.07) is 8.52. The highest BCUT2D eigenvalue weighted by atomic mass is 16.5. The van der Waals surface area contributed by atoms with Crippen LogP contribution in [-0.2, 0) is 9.53 Å². The molecule has 29 heavy (non-hydrogen) atoms. The van der Waals surface area contributed by atoms with Crippen molar-refractivity contribution < 1.29 is 23.6 Å². The van der Waals surface area contributed by atoms with Crippen molar-refractivity contribution in [1.29, 1.82) is 0 Å². The van der Waals surface area contributed by atoms with E-state index in [4.69, 9.17) is 9.26 Å². The summed E-state index contributed by atoms with van der Waals surface area (Å²) in [5.41, 5.74) is 1.20. The fourth-order valence-electron chi connectivity index (χ4n) is 3.51. The number of aryl methyl sites for hydroxylation is 1. The highest BCUT2D eigenvalue weighted by Crippen LogP contribution is 2.26. The standard InChI is InChI=1S/C21H25N3O5/c1-13-8-6-7-11-16(13)22-21(27)23-17(25)12-28-20(26)18-14(2)29-24-19(18)15-9-4-3-5-10-15/h3-5,9-10,13,16H,6-8,11-12H2,1-2H3,(H2,22,23,25,27)/t13-,16-/m1/s1. The van der Waals surface area contributed by atoms with E-state index in [1.807, 2.05) is 18.2 Å². The van der Waals surface area contributed by atoms with Gasteiger partial charge in [-0.3, -0.25) is 10.1 Å². The van der Waals surface area contributed by atoms with Gasteiger partial charge in [0.05, 0.1) is 0 Å². The van der Waals surface area contributed by atoms with Crippen LogP contribution in [0.4, 0.5) is 4.79 Å². The molecule has 1 aliphatic carbocycles. The van der Waals surface area contributed by atoms with Crippen molar-refractivity contribution in [2.75, 3.05) is 6.61 Å². The molecule has 0 bridgehead atoms. The highest BCUT2D eigenvalue weighted by molar-refractivity contribution is 5.99. The number of hydrogen-bond acceptors (Lipinski definition) is 6. The summed E-state index contributed by atoms with van der Waals surface area (Å²) in [4.78, 5) is 36.5. The van der Waals surface area contributed by atoms with Gasteiger partial charge in [-0.1, -0.05) is 55.3 Å². The van der Waals surface area contributed by atoms with Crippen LogP contribution in [0.15, 0.2) is 34.9 Å². The zero-order valence-corrected chi connectivity index (χ0v) is 16.6. The molecule has 1 aromatic carbocycles. The molecule has 1 aromatic heterocycles. The Morgan fingerprint density at radius 3 is 2.62 bits per heavy atom. The molecule has 1 heterocycles. The van der Waals surface area contributed by atoms with Gasteiger partial charge < -0.3 is 14.6 Å². The molecule has 8 heteroatoms. The van der Waals surface area contributed by atoms with Crippen LogP contribution in [0.25, 0.3) is 11.3 Å². The van der Waals surface area contributed by atoms with Crippen LogP contribution in [0.2, 0.25) is 0 Å². The van der Waals surface area contributed by atoms with E-state index in [0.29, 0.717) is 22.9 Å². The first-order valence-electron chi connectivity index (χ1n) is 9.75. The number of carbonyl (C=O) groups excluding carboxylic acids is 3. The van der Waals surface area contributed by atoms with Crippen molar-refractivity contribution in [2.45, 2.75) is 45.6 Å². The molecular weight excluding hydrogens is 374 g/mol. The van der Waals surface area contributed by atoms with Gasteiger partial charge in [-0.2, -0.15) is 0 Å². The first-order valence-corrected chi connectivity index (χ1v) is 9.75. The van der Waals surface area contributed by atoms with E-state index >= 15 is 0 Å². The van der Waals surface area contributed by atoms with Crippen LogP contribution in [0, 0.1) is 12.8 Å². The summed E-state index contributed by atoms with van der Waals surface area (Å²) >= 11 is 0. The Morgan fingerprint density at radius 2 is 1.90 bits per heavy atom. The molecule has 2 aromatic rings. The Bertz CT molecular complexity index is 878. The summed E-state index contributed by atoms with van der Waals surface area (Å²) < 4.78 is 10.2. The van der Waals surface area contributed by atoms with Crippen LogP contribution >= 0.6 is 0 Å². The number of hydrogen-bond donors (Lipinski definition) is 2. The molecule has 0 unspecified atom stereocenters. The van der Waals surface area contributed by atoms with Crippen molar-refractivity contribution in [1.82, 2.24) is 15.8 Å². The Balaban J connectivity index is 1.54. The molecule has 1 fully saturated rings. The first-order chi connectivity index (χ1) is 14.0. The van der Waals surface area contributed by atoms with Gasteiger partial charge in [-0.15, -0.1) is 0 Å². The van der Waals surface area contributed by atoms with Gasteiger partial charge in [0, 0.05) is 11.6 Å². The van der Waals surface area contributed by atoms with Crippen molar-refractivity contribution >= 4 is 17.9 Å². The third-order valence-electron chi connectivity index (χ3n) is 5.13. The van der Waals surface area contributed by atoms with E-state index in [1.54, 1.807) is 19.1 Å². The summed E-state index contributed by atoms with van der Waals surface area (Å²) in [6.45, 7) is 3.10. The molecule has 0 radical (unpaired) electrons. The predicted octanol–water partition coefficient (Wildman–Crippen LogP) is 3.21. The Kier molecular flexibility index (Phi) is 6.64. The number of nitrogens with zero attached hydrogens (tertiary/aromatic N) is 1. The molecule has 154 valence electrons. The van der Waals surface area contributed by atoms with Crippen molar-refractivity contribution in [2.24, 2.45) is 5.92 Å². The SMILES string of the molecule is Cc1onc(-c2ccccc2)c1C(=O)OCC(=O)NC(=O)N[C@@H]1CCCC[C@H]1C.